The molecule has 3 aromatic carbocycles. The Morgan fingerprint density at radius 3 is 2.35 bits per heavy atom. The fourth-order valence-corrected chi connectivity index (χ4v) is 5.02. The number of fused-ring (bicyclic) bond motifs is 3. The number of hydrogen-bond acceptors (Lipinski definition) is 4. The number of rotatable bonds is 4. The maximum atomic E-state index is 13.5. The highest BCUT2D eigenvalue weighted by Gasteiger charge is 2.19. The number of aryl methyl sites for hydroxylation is 2. The van der Waals surface area contributed by atoms with Gasteiger partial charge in [0.1, 0.15) is 0 Å². The fraction of sp³-hybridized carbons (Fsp3) is 0.125. The topological polar surface area (TPSA) is 52.2 Å². The first-order chi connectivity index (χ1) is 15.0. The Balaban J connectivity index is 1.74. The summed E-state index contributed by atoms with van der Waals surface area (Å²) in [5.41, 5.74) is 4.82. The van der Waals surface area contributed by atoms with E-state index in [9.17, 15) is 4.79 Å². The summed E-state index contributed by atoms with van der Waals surface area (Å²) < 4.78 is 4.74. The van der Waals surface area contributed by atoms with E-state index in [0.29, 0.717) is 11.2 Å². The summed E-state index contributed by atoms with van der Waals surface area (Å²) in [6.07, 6.45) is 0. The van der Waals surface area contributed by atoms with Gasteiger partial charge in [-0.15, -0.1) is 10.2 Å². The molecule has 5 nitrogen and oxygen atoms in total. The summed E-state index contributed by atoms with van der Waals surface area (Å²) in [6, 6.07) is 21.9. The first-order valence-electron chi connectivity index (χ1n) is 9.87. The van der Waals surface area contributed by atoms with Crippen LogP contribution < -0.4 is 5.56 Å². The van der Waals surface area contributed by atoms with E-state index in [1.54, 1.807) is 16.3 Å². The monoisotopic (exact) mass is 490 g/mol. The standard InChI is InChI=1S/C24H19BrN4OS/c1-15-6-5-7-16(2)21(15)29-22(30)19-8-3-4-9-20(19)28-23(29)26-27-24(28)31-14-17-10-12-18(25)13-11-17/h3-13H,14H2,1-2H3. The second kappa shape index (κ2) is 7.98. The molecule has 0 aliphatic carbocycles. The quantitative estimate of drug-likeness (QED) is 0.303. The third-order valence-corrected chi connectivity index (χ3v) is 6.87. The van der Waals surface area contributed by atoms with E-state index in [0.717, 1.165) is 37.7 Å². The average Bonchev–Trinajstić information content (AvgIpc) is 3.19. The molecule has 7 heteroatoms. The molecule has 0 radical (unpaired) electrons. The predicted octanol–water partition coefficient (Wildman–Crippen LogP) is 5.71. The van der Waals surface area contributed by atoms with Crippen LogP contribution in [0.25, 0.3) is 22.4 Å². The van der Waals surface area contributed by atoms with Gasteiger partial charge in [-0.2, -0.15) is 0 Å². The third-order valence-electron chi connectivity index (χ3n) is 5.34. The van der Waals surface area contributed by atoms with Gasteiger partial charge in [-0.1, -0.05) is 70.2 Å². The van der Waals surface area contributed by atoms with Crippen LogP contribution in [0.4, 0.5) is 0 Å². The Labute approximate surface area is 191 Å². The molecule has 31 heavy (non-hydrogen) atoms. The maximum absolute atomic E-state index is 13.5. The van der Waals surface area contributed by atoms with Crippen LogP contribution in [0.3, 0.4) is 0 Å². The van der Waals surface area contributed by atoms with Crippen molar-refractivity contribution < 1.29 is 0 Å². The summed E-state index contributed by atoms with van der Waals surface area (Å²) >= 11 is 5.09. The highest BCUT2D eigenvalue weighted by molar-refractivity contribution is 9.10. The van der Waals surface area contributed by atoms with E-state index in [1.807, 2.05) is 72.8 Å². The van der Waals surface area contributed by atoms with Crippen LogP contribution in [0.2, 0.25) is 0 Å². The minimum absolute atomic E-state index is 0.0858. The van der Waals surface area contributed by atoms with Crippen LogP contribution in [0.1, 0.15) is 16.7 Å². The van der Waals surface area contributed by atoms with Crippen molar-refractivity contribution in [3.05, 3.63) is 98.2 Å². The maximum Gasteiger partial charge on any atom is 0.267 e. The normalized spacial score (nSPS) is 11.5. The number of hydrogen-bond donors (Lipinski definition) is 0. The van der Waals surface area contributed by atoms with Gasteiger partial charge < -0.3 is 0 Å². The fourth-order valence-electron chi connectivity index (χ4n) is 3.86. The first-order valence-corrected chi connectivity index (χ1v) is 11.6. The molecule has 0 aliphatic heterocycles. The lowest BCUT2D eigenvalue weighted by molar-refractivity contribution is 0.925. The average molecular weight is 491 g/mol. The number of benzene rings is 3. The zero-order valence-corrected chi connectivity index (χ0v) is 19.4. The Morgan fingerprint density at radius 2 is 1.61 bits per heavy atom. The molecule has 2 aromatic heterocycles. The molecule has 0 N–H and O–H groups in total. The van der Waals surface area contributed by atoms with E-state index < -0.39 is 0 Å². The molecule has 0 unspecified atom stereocenters. The first kappa shape index (κ1) is 20.0. The predicted molar refractivity (Wildman–Crippen MR) is 129 cm³/mol. The molecule has 0 saturated carbocycles. The minimum Gasteiger partial charge on any atom is -0.268 e. The molecule has 5 aromatic rings. The largest absolute Gasteiger partial charge is 0.268 e. The van der Waals surface area contributed by atoms with Gasteiger partial charge in [0, 0.05) is 10.2 Å². The summed E-state index contributed by atoms with van der Waals surface area (Å²) in [7, 11) is 0. The van der Waals surface area contributed by atoms with E-state index in [1.165, 1.54) is 5.56 Å². The van der Waals surface area contributed by atoms with Gasteiger partial charge in [-0.3, -0.25) is 9.20 Å². The minimum atomic E-state index is -0.0858. The molecule has 2 heterocycles. The Kier molecular flexibility index (Phi) is 5.16. The van der Waals surface area contributed by atoms with Crippen molar-refractivity contribution in [1.82, 2.24) is 19.2 Å². The van der Waals surface area contributed by atoms with Crippen LogP contribution in [-0.4, -0.2) is 19.2 Å². The van der Waals surface area contributed by atoms with Gasteiger partial charge in [-0.25, -0.2) is 4.57 Å². The van der Waals surface area contributed by atoms with Crippen molar-refractivity contribution in [2.24, 2.45) is 0 Å². The highest BCUT2D eigenvalue weighted by atomic mass is 79.9. The zero-order chi connectivity index (χ0) is 21.5. The van der Waals surface area contributed by atoms with Gasteiger partial charge in [0.25, 0.3) is 5.56 Å². The van der Waals surface area contributed by atoms with Crippen LogP contribution in [-0.2, 0) is 5.75 Å². The number of para-hydroxylation sites is 2. The Hall–Kier alpha value is -2.90. The van der Waals surface area contributed by atoms with Gasteiger partial charge in [0.05, 0.1) is 16.6 Å². The van der Waals surface area contributed by atoms with Crippen molar-refractivity contribution in [1.29, 1.82) is 0 Å². The van der Waals surface area contributed by atoms with E-state index in [-0.39, 0.29) is 5.56 Å². The molecule has 0 saturated heterocycles. The van der Waals surface area contributed by atoms with Gasteiger partial charge in [-0.05, 0) is 54.8 Å². The molecule has 0 atom stereocenters. The van der Waals surface area contributed by atoms with Crippen molar-refractivity contribution in [2.75, 3.05) is 0 Å². The molecule has 0 aliphatic rings. The second-order valence-corrected chi connectivity index (χ2v) is 9.29. The van der Waals surface area contributed by atoms with Crippen LogP contribution in [0.5, 0.6) is 0 Å². The lowest BCUT2D eigenvalue weighted by Gasteiger charge is -2.15. The Bertz CT molecular complexity index is 1470. The highest BCUT2D eigenvalue weighted by Crippen LogP contribution is 2.27. The molecule has 0 fully saturated rings. The smallest absolute Gasteiger partial charge is 0.267 e. The van der Waals surface area contributed by atoms with E-state index in [2.05, 4.69) is 38.3 Å². The summed E-state index contributed by atoms with van der Waals surface area (Å²) in [6.45, 7) is 4.03. The van der Waals surface area contributed by atoms with Gasteiger partial charge >= 0.3 is 0 Å². The second-order valence-electron chi connectivity index (χ2n) is 7.43. The molecular weight excluding hydrogens is 472 g/mol. The van der Waals surface area contributed by atoms with Crippen molar-refractivity contribution in [3.63, 3.8) is 0 Å². The van der Waals surface area contributed by atoms with Crippen LogP contribution >= 0.6 is 27.7 Å². The van der Waals surface area contributed by atoms with Crippen molar-refractivity contribution >= 4 is 44.4 Å². The van der Waals surface area contributed by atoms with Crippen molar-refractivity contribution in [3.8, 4) is 5.69 Å². The third kappa shape index (κ3) is 3.47. The molecular formula is C24H19BrN4OS. The van der Waals surface area contributed by atoms with Gasteiger partial charge in [0.15, 0.2) is 5.16 Å². The lowest BCUT2D eigenvalue weighted by atomic mass is 10.1. The summed E-state index contributed by atoms with van der Waals surface area (Å²) in [5.74, 6) is 1.28. The Morgan fingerprint density at radius 1 is 0.903 bits per heavy atom. The lowest BCUT2D eigenvalue weighted by Crippen LogP contribution is -2.23. The molecule has 0 amide bonds. The summed E-state index contributed by atoms with van der Waals surface area (Å²) in [5, 5.41) is 10.3. The number of halogens is 1. The molecule has 154 valence electrons. The molecule has 0 spiro atoms. The van der Waals surface area contributed by atoms with Crippen molar-refractivity contribution in [2.45, 2.75) is 24.8 Å². The van der Waals surface area contributed by atoms with Gasteiger partial charge in [0.2, 0.25) is 5.78 Å². The number of aromatic nitrogens is 4. The van der Waals surface area contributed by atoms with Crippen LogP contribution in [0.15, 0.2) is 81.2 Å². The molecule has 0 bridgehead atoms. The van der Waals surface area contributed by atoms with E-state index >= 15 is 0 Å². The zero-order valence-electron chi connectivity index (χ0n) is 17.0. The number of nitrogens with zero attached hydrogens (tertiary/aromatic N) is 4. The number of thioether (sulfide) groups is 1. The summed E-state index contributed by atoms with van der Waals surface area (Å²) in [4.78, 5) is 13.5. The van der Waals surface area contributed by atoms with E-state index in [4.69, 9.17) is 0 Å². The SMILES string of the molecule is Cc1cccc(C)c1-n1c(=O)c2ccccc2n2c(SCc3ccc(Br)cc3)nnc12. The molecule has 5 rings (SSSR count). The van der Waals surface area contributed by atoms with Crippen LogP contribution in [0, 0.1) is 13.8 Å².